The molecular formula is C14H20BrNOS. The molecule has 1 N–H and O–H groups in total. The van der Waals surface area contributed by atoms with Gasteiger partial charge in [0.25, 0.3) is 0 Å². The average Bonchev–Trinajstić information content (AvgIpc) is 2.81. The lowest BCUT2D eigenvalue weighted by molar-refractivity contribution is -0.121. The lowest BCUT2D eigenvalue weighted by Crippen LogP contribution is -2.23. The van der Waals surface area contributed by atoms with Crippen LogP contribution in [0.15, 0.2) is 15.9 Å². The monoisotopic (exact) mass is 329 g/mol. The molecule has 1 aliphatic carbocycles. The van der Waals surface area contributed by atoms with Gasteiger partial charge in [-0.1, -0.05) is 32.1 Å². The van der Waals surface area contributed by atoms with Gasteiger partial charge in [-0.2, -0.15) is 0 Å². The molecule has 4 heteroatoms. The van der Waals surface area contributed by atoms with Crippen molar-refractivity contribution in [3.8, 4) is 0 Å². The minimum absolute atomic E-state index is 0.199. The Balaban J connectivity index is 1.62. The molecule has 1 fully saturated rings. The number of nitrogens with one attached hydrogen (secondary N) is 1. The van der Waals surface area contributed by atoms with E-state index >= 15 is 0 Å². The summed E-state index contributed by atoms with van der Waals surface area (Å²) in [5, 5.41) is 5.05. The topological polar surface area (TPSA) is 29.1 Å². The maximum absolute atomic E-state index is 11.7. The summed E-state index contributed by atoms with van der Waals surface area (Å²) in [7, 11) is 0. The minimum atomic E-state index is 0.199. The third-order valence-electron chi connectivity index (χ3n) is 3.59. The number of hydrogen-bond donors (Lipinski definition) is 1. The van der Waals surface area contributed by atoms with Crippen LogP contribution in [0.3, 0.4) is 0 Å². The number of hydrogen-bond acceptors (Lipinski definition) is 2. The van der Waals surface area contributed by atoms with Crippen molar-refractivity contribution >= 4 is 33.2 Å². The first kappa shape index (κ1) is 14.1. The molecule has 18 heavy (non-hydrogen) atoms. The Morgan fingerprint density at radius 3 is 2.83 bits per heavy atom. The summed E-state index contributed by atoms with van der Waals surface area (Å²) < 4.78 is 1.10. The van der Waals surface area contributed by atoms with Crippen LogP contribution in [0.1, 0.15) is 49.8 Å². The normalized spacial score (nSPS) is 16.7. The smallest absolute Gasteiger partial charge is 0.220 e. The standard InChI is InChI=1S/C14H20BrNOS/c15-12-8-13(18-10-12)9-16-14(17)7-6-11-4-2-1-3-5-11/h8,10-11H,1-7,9H2,(H,16,17). The molecule has 1 saturated carbocycles. The molecule has 1 aliphatic rings. The number of rotatable bonds is 5. The van der Waals surface area contributed by atoms with Gasteiger partial charge in [0.15, 0.2) is 0 Å². The van der Waals surface area contributed by atoms with Gasteiger partial charge in [-0.15, -0.1) is 11.3 Å². The fourth-order valence-corrected chi connectivity index (χ4v) is 3.92. The van der Waals surface area contributed by atoms with Gasteiger partial charge < -0.3 is 5.32 Å². The summed E-state index contributed by atoms with van der Waals surface area (Å²) in [6.45, 7) is 0.666. The molecule has 1 amide bonds. The van der Waals surface area contributed by atoms with Crippen molar-refractivity contribution in [2.45, 2.75) is 51.5 Å². The van der Waals surface area contributed by atoms with Gasteiger partial charge >= 0.3 is 0 Å². The lowest BCUT2D eigenvalue weighted by Gasteiger charge is -2.20. The van der Waals surface area contributed by atoms with Gasteiger partial charge in [-0.05, 0) is 34.3 Å². The van der Waals surface area contributed by atoms with E-state index in [4.69, 9.17) is 0 Å². The Kier molecular flexibility index (Phi) is 5.70. The van der Waals surface area contributed by atoms with Crippen LogP contribution in [0.25, 0.3) is 0 Å². The molecule has 0 saturated heterocycles. The highest BCUT2D eigenvalue weighted by Gasteiger charge is 2.14. The molecule has 0 bridgehead atoms. The molecule has 0 unspecified atom stereocenters. The van der Waals surface area contributed by atoms with Crippen molar-refractivity contribution in [1.29, 1.82) is 0 Å². The molecule has 2 nitrogen and oxygen atoms in total. The second-order valence-electron chi connectivity index (χ2n) is 5.05. The Morgan fingerprint density at radius 2 is 2.17 bits per heavy atom. The third kappa shape index (κ3) is 4.73. The van der Waals surface area contributed by atoms with Crippen LogP contribution in [-0.4, -0.2) is 5.91 Å². The molecule has 0 spiro atoms. The summed E-state index contributed by atoms with van der Waals surface area (Å²) in [6, 6.07) is 2.06. The molecule has 0 aliphatic heterocycles. The van der Waals surface area contributed by atoms with Crippen LogP contribution >= 0.6 is 27.3 Å². The Labute approximate surface area is 121 Å². The lowest BCUT2D eigenvalue weighted by atomic mass is 9.86. The molecule has 0 radical (unpaired) electrons. The van der Waals surface area contributed by atoms with E-state index in [2.05, 4.69) is 27.3 Å². The minimum Gasteiger partial charge on any atom is -0.351 e. The largest absolute Gasteiger partial charge is 0.351 e. The Hall–Kier alpha value is -0.350. The van der Waals surface area contributed by atoms with Crippen LogP contribution in [0, 0.1) is 5.92 Å². The third-order valence-corrected chi connectivity index (χ3v) is 5.28. The SMILES string of the molecule is O=C(CCC1CCCCC1)NCc1cc(Br)cs1. The fourth-order valence-electron chi connectivity index (χ4n) is 2.53. The van der Waals surface area contributed by atoms with Crippen molar-refractivity contribution in [2.75, 3.05) is 0 Å². The van der Waals surface area contributed by atoms with E-state index < -0.39 is 0 Å². The fraction of sp³-hybridized carbons (Fsp3) is 0.643. The zero-order chi connectivity index (χ0) is 12.8. The highest BCUT2D eigenvalue weighted by molar-refractivity contribution is 9.10. The van der Waals surface area contributed by atoms with Gasteiger partial charge in [0.2, 0.25) is 5.91 Å². The first-order valence-corrected chi connectivity index (χ1v) is 8.41. The molecule has 1 aromatic rings. The van der Waals surface area contributed by atoms with E-state index in [1.54, 1.807) is 11.3 Å². The van der Waals surface area contributed by atoms with Crippen LogP contribution < -0.4 is 5.32 Å². The molecule has 1 heterocycles. The Morgan fingerprint density at radius 1 is 1.39 bits per heavy atom. The summed E-state index contributed by atoms with van der Waals surface area (Å²) in [6.07, 6.45) is 8.51. The van der Waals surface area contributed by atoms with Gasteiger partial charge in [0.1, 0.15) is 0 Å². The van der Waals surface area contributed by atoms with E-state index in [0.717, 1.165) is 16.8 Å². The predicted octanol–water partition coefficient (Wildman–Crippen LogP) is 4.49. The summed E-state index contributed by atoms with van der Waals surface area (Å²) >= 11 is 5.10. The molecule has 100 valence electrons. The molecular weight excluding hydrogens is 310 g/mol. The van der Waals surface area contributed by atoms with E-state index in [0.29, 0.717) is 13.0 Å². The van der Waals surface area contributed by atoms with Gasteiger partial charge in [-0.25, -0.2) is 0 Å². The highest BCUT2D eigenvalue weighted by Crippen LogP contribution is 2.27. The van der Waals surface area contributed by atoms with Gasteiger partial charge in [0.05, 0.1) is 6.54 Å². The second-order valence-corrected chi connectivity index (χ2v) is 6.96. The Bertz CT molecular complexity index is 385. The predicted molar refractivity (Wildman–Crippen MR) is 79.7 cm³/mol. The highest BCUT2D eigenvalue weighted by atomic mass is 79.9. The number of halogens is 1. The maximum atomic E-state index is 11.7. The number of carbonyl (C=O) groups is 1. The average molecular weight is 330 g/mol. The van der Waals surface area contributed by atoms with Crippen molar-refractivity contribution in [3.63, 3.8) is 0 Å². The van der Waals surface area contributed by atoms with Crippen LogP contribution in [0.4, 0.5) is 0 Å². The quantitative estimate of drug-likeness (QED) is 0.847. The molecule has 0 aromatic carbocycles. The van der Waals surface area contributed by atoms with Crippen molar-refractivity contribution in [3.05, 3.63) is 20.8 Å². The molecule has 1 aromatic heterocycles. The molecule has 2 rings (SSSR count). The summed E-state index contributed by atoms with van der Waals surface area (Å²) in [5.41, 5.74) is 0. The van der Waals surface area contributed by atoms with E-state index in [-0.39, 0.29) is 5.91 Å². The van der Waals surface area contributed by atoms with Gasteiger partial charge in [-0.3, -0.25) is 4.79 Å². The van der Waals surface area contributed by atoms with Gasteiger partial charge in [0, 0.05) is 21.2 Å². The van der Waals surface area contributed by atoms with Crippen molar-refractivity contribution in [1.82, 2.24) is 5.32 Å². The van der Waals surface area contributed by atoms with Crippen molar-refractivity contribution in [2.24, 2.45) is 5.92 Å². The van der Waals surface area contributed by atoms with E-state index in [9.17, 15) is 4.79 Å². The maximum Gasteiger partial charge on any atom is 0.220 e. The van der Waals surface area contributed by atoms with E-state index in [1.165, 1.54) is 37.0 Å². The van der Waals surface area contributed by atoms with Crippen molar-refractivity contribution < 1.29 is 4.79 Å². The zero-order valence-corrected chi connectivity index (χ0v) is 13.0. The first-order chi connectivity index (χ1) is 8.74. The zero-order valence-electron chi connectivity index (χ0n) is 10.6. The van der Waals surface area contributed by atoms with Crippen LogP contribution in [0.5, 0.6) is 0 Å². The first-order valence-electron chi connectivity index (χ1n) is 6.73. The summed E-state index contributed by atoms with van der Waals surface area (Å²) in [4.78, 5) is 12.9. The van der Waals surface area contributed by atoms with Crippen LogP contribution in [0.2, 0.25) is 0 Å². The summed E-state index contributed by atoms with van der Waals surface area (Å²) in [5.74, 6) is 0.991. The number of thiophene rings is 1. The number of amides is 1. The van der Waals surface area contributed by atoms with Crippen LogP contribution in [-0.2, 0) is 11.3 Å². The van der Waals surface area contributed by atoms with E-state index in [1.807, 2.05) is 5.38 Å². The molecule has 0 atom stereocenters. The second kappa shape index (κ2) is 7.29. The number of carbonyl (C=O) groups excluding carboxylic acids is 1.